The zero-order valence-electron chi connectivity index (χ0n) is 11.2. The molecule has 94 valence electrons. The average Bonchev–Trinajstić information content (AvgIpc) is 2.81. The predicted molar refractivity (Wildman–Crippen MR) is 68.8 cm³/mol. The lowest BCUT2D eigenvalue weighted by Crippen LogP contribution is -2.42. The summed E-state index contributed by atoms with van der Waals surface area (Å²) in [7, 11) is 0. The maximum absolute atomic E-state index is 6.00. The van der Waals surface area contributed by atoms with E-state index in [0.717, 1.165) is 12.0 Å². The Balaban J connectivity index is 2.44. The Labute approximate surface area is 104 Å². The van der Waals surface area contributed by atoms with E-state index in [9.17, 15) is 0 Å². The molecule has 1 aliphatic rings. The van der Waals surface area contributed by atoms with Gasteiger partial charge in [-0.05, 0) is 13.3 Å². The molecule has 1 aliphatic heterocycles. The molecule has 0 atom stereocenters. The van der Waals surface area contributed by atoms with E-state index in [1.165, 1.54) is 5.56 Å². The molecule has 17 heavy (non-hydrogen) atoms. The summed E-state index contributed by atoms with van der Waals surface area (Å²) in [6.45, 7) is 10.0. The van der Waals surface area contributed by atoms with E-state index in [2.05, 4.69) is 52.0 Å². The molecular formula is C15H22O2. The van der Waals surface area contributed by atoms with E-state index in [0.29, 0.717) is 13.2 Å². The van der Waals surface area contributed by atoms with Crippen molar-refractivity contribution in [2.45, 2.75) is 39.9 Å². The minimum absolute atomic E-state index is 0.0290. The molecule has 0 spiro atoms. The Kier molecular flexibility index (Phi) is 3.28. The number of hydrogen-bond donors (Lipinski definition) is 0. The van der Waals surface area contributed by atoms with Crippen molar-refractivity contribution in [1.82, 2.24) is 0 Å². The third-order valence-corrected chi connectivity index (χ3v) is 3.90. The molecule has 2 nitrogen and oxygen atoms in total. The Morgan fingerprint density at radius 2 is 1.65 bits per heavy atom. The maximum atomic E-state index is 6.00. The summed E-state index contributed by atoms with van der Waals surface area (Å²) in [5, 5.41) is 0. The Bertz CT molecular complexity index is 372. The van der Waals surface area contributed by atoms with Gasteiger partial charge in [0.25, 0.3) is 0 Å². The third-order valence-electron chi connectivity index (χ3n) is 3.90. The van der Waals surface area contributed by atoms with Crippen LogP contribution < -0.4 is 0 Å². The SMILES string of the molecule is CCC(C)(C)C1(c2ccc(C)cc2)OCCO1. The fourth-order valence-electron chi connectivity index (χ4n) is 2.37. The van der Waals surface area contributed by atoms with Crippen molar-refractivity contribution in [2.24, 2.45) is 5.41 Å². The van der Waals surface area contributed by atoms with Crippen LogP contribution in [-0.4, -0.2) is 13.2 Å². The molecular weight excluding hydrogens is 212 g/mol. The lowest BCUT2D eigenvalue weighted by Gasteiger charge is -2.42. The first kappa shape index (κ1) is 12.6. The maximum Gasteiger partial charge on any atom is 0.200 e. The van der Waals surface area contributed by atoms with Crippen LogP contribution in [0.2, 0.25) is 0 Å². The molecule has 0 bridgehead atoms. The Morgan fingerprint density at radius 1 is 1.12 bits per heavy atom. The quantitative estimate of drug-likeness (QED) is 0.795. The minimum atomic E-state index is -0.574. The van der Waals surface area contributed by atoms with Crippen LogP contribution in [0.1, 0.15) is 38.3 Å². The van der Waals surface area contributed by atoms with Gasteiger partial charge in [0.15, 0.2) is 5.79 Å². The van der Waals surface area contributed by atoms with Gasteiger partial charge in [-0.1, -0.05) is 50.6 Å². The molecule has 1 aromatic rings. The third kappa shape index (κ3) is 2.00. The Hall–Kier alpha value is -0.860. The van der Waals surface area contributed by atoms with Gasteiger partial charge in [-0.3, -0.25) is 0 Å². The molecule has 0 aliphatic carbocycles. The highest BCUT2D eigenvalue weighted by Gasteiger charge is 2.50. The van der Waals surface area contributed by atoms with Gasteiger partial charge in [-0.15, -0.1) is 0 Å². The molecule has 0 saturated carbocycles. The molecule has 1 saturated heterocycles. The van der Waals surface area contributed by atoms with Gasteiger partial charge in [0.05, 0.1) is 13.2 Å². The molecule has 0 amide bonds. The highest BCUT2D eigenvalue weighted by atomic mass is 16.7. The van der Waals surface area contributed by atoms with Crippen LogP contribution >= 0.6 is 0 Å². The van der Waals surface area contributed by atoms with E-state index in [1.54, 1.807) is 0 Å². The number of hydrogen-bond acceptors (Lipinski definition) is 2. The molecule has 0 aromatic heterocycles. The van der Waals surface area contributed by atoms with Crippen LogP contribution in [0.15, 0.2) is 24.3 Å². The second-order valence-electron chi connectivity index (χ2n) is 5.42. The second-order valence-corrected chi connectivity index (χ2v) is 5.42. The summed E-state index contributed by atoms with van der Waals surface area (Å²) in [5.41, 5.74) is 2.36. The van der Waals surface area contributed by atoms with Crippen LogP contribution in [0.3, 0.4) is 0 Å². The van der Waals surface area contributed by atoms with Crippen molar-refractivity contribution in [3.63, 3.8) is 0 Å². The first-order valence-corrected chi connectivity index (χ1v) is 6.37. The summed E-state index contributed by atoms with van der Waals surface area (Å²) in [6, 6.07) is 8.48. The first-order chi connectivity index (χ1) is 8.02. The Morgan fingerprint density at radius 3 is 2.12 bits per heavy atom. The lowest BCUT2D eigenvalue weighted by atomic mass is 9.77. The number of ether oxygens (including phenoxy) is 2. The molecule has 2 heteroatoms. The van der Waals surface area contributed by atoms with Gasteiger partial charge in [-0.25, -0.2) is 0 Å². The summed E-state index contributed by atoms with van der Waals surface area (Å²) >= 11 is 0. The van der Waals surface area contributed by atoms with Crippen LogP contribution in [0, 0.1) is 12.3 Å². The average molecular weight is 234 g/mol. The van der Waals surface area contributed by atoms with E-state index in [4.69, 9.17) is 9.47 Å². The summed E-state index contributed by atoms with van der Waals surface area (Å²) in [6.07, 6.45) is 1.01. The van der Waals surface area contributed by atoms with Crippen LogP contribution in [0.5, 0.6) is 0 Å². The predicted octanol–water partition coefficient (Wildman–Crippen LogP) is 3.63. The summed E-state index contributed by atoms with van der Waals surface area (Å²) in [5.74, 6) is -0.574. The minimum Gasteiger partial charge on any atom is -0.343 e. The number of aryl methyl sites for hydroxylation is 1. The van der Waals surface area contributed by atoms with E-state index >= 15 is 0 Å². The lowest BCUT2D eigenvalue weighted by molar-refractivity contribution is -0.239. The van der Waals surface area contributed by atoms with Crippen LogP contribution in [0.4, 0.5) is 0 Å². The normalized spacial score (nSPS) is 19.5. The molecule has 0 N–H and O–H groups in total. The highest BCUT2D eigenvalue weighted by molar-refractivity contribution is 5.27. The number of rotatable bonds is 3. The zero-order chi connectivity index (χ0) is 12.5. The van der Waals surface area contributed by atoms with E-state index in [-0.39, 0.29) is 5.41 Å². The van der Waals surface area contributed by atoms with Crippen LogP contribution in [-0.2, 0) is 15.3 Å². The topological polar surface area (TPSA) is 18.5 Å². The van der Waals surface area contributed by atoms with E-state index in [1.807, 2.05) is 0 Å². The molecule has 0 radical (unpaired) electrons. The standard InChI is InChI=1S/C15H22O2/c1-5-14(3,4)15(16-10-11-17-15)13-8-6-12(2)7-9-13/h6-9H,5,10-11H2,1-4H3. The summed E-state index contributed by atoms with van der Waals surface area (Å²) in [4.78, 5) is 0. The van der Waals surface area contributed by atoms with Gasteiger partial charge >= 0.3 is 0 Å². The summed E-state index contributed by atoms with van der Waals surface area (Å²) < 4.78 is 12.0. The van der Waals surface area contributed by atoms with Crippen molar-refractivity contribution in [3.8, 4) is 0 Å². The molecule has 0 unspecified atom stereocenters. The largest absolute Gasteiger partial charge is 0.343 e. The van der Waals surface area contributed by atoms with Crippen molar-refractivity contribution in [2.75, 3.05) is 13.2 Å². The van der Waals surface area contributed by atoms with Crippen molar-refractivity contribution >= 4 is 0 Å². The van der Waals surface area contributed by atoms with Crippen molar-refractivity contribution < 1.29 is 9.47 Å². The van der Waals surface area contributed by atoms with Gasteiger partial charge in [-0.2, -0.15) is 0 Å². The van der Waals surface area contributed by atoms with Gasteiger partial charge < -0.3 is 9.47 Å². The fraction of sp³-hybridized carbons (Fsp3) is 0.600. The van der Waals surface area contributed by atoms with Gasteiger partial charge in [0.2, 0.25) is 0 Å². The fourth-order valence-corrected chi connectivity index (χ4v) is 2.37. The van der Waals surface area contributed by atoms with Crippen molar-refractivity contribution in [1.29, 1.82) is 0 Å². The van der Waals surface area contributed by atoms with E-state index < -0.39 is 5.79 Å². The number of benzene rings is 1. The smallest absolute Gasteiger partial charge is 0.200 e. The molecule has 1 heterocycles. The van der Waals surface area contributed by atoms with Crippen LogP contribution in [0.25, 0.3) is 0 Å². The molecule has 2 rings (SSSR count). The highest BCUT2D eigenvalue weighted by Crippen LogP contribution is 2.48. The second kappa shape index (κ2) is 4.43. The van der Waals surface area contributed by atoms with Gasteiger partial charge in [0.1, 0.15) is 0 Å². The zero-order valence-corrected chi connectivity index (χ0v) is 11.2. The van der Waals surface area contributed by atoms with Crippen molar-refractivity contribution in [3.05, 3.63) is 35.4 Å². The molecule has 1 fully saturated rings. The van der Waals surface area contributed by atoms with Gasteiger partial charge in [0, 0.05) is 11.0 Å². The molecule has 1 aromatic carbocycles. The monoisotopic (exact) mass is 234 g/mol. The first-order valence-electron chi connectivity index (χ1n) is 6.37.